The number of nitrogens with zero attached hydrogens (tertiary/aromatic N) is 4. The van der Waals surface area contributed by atoms with Gasteiger partial charge in [-0.15, -0.1) is 0 Å². The summed E-state index contributed by atoms with van der Waals surface area (Å²) in [6.45, 7) is 7.18. The minimum atomic E-state index is -0.896. The van der Waals surface area contributed by atoms with E-state index in [0.717, 1.165) is 38.0 Å². The first-order chi connectivity index (χ1) is 17.5. The van der Waals surface area contributed by atoms with E-state index in [1.807, 2.05) is 6.07 Å². The zero-order chi connectivity index (χ0) is 26.5. The number of nitrogens with one attached hydrogen (secondary N) is 1. The molecule has 1 aliphatic carbocycles. The molecular weight excluding hydrogens is 473 g/mol. The molecule has 3 heterocycles. The van der Waals surface area contributed by atoms with Gasteiger partial charge in [-0.3, -0.25) is 14.6 Å². The van der Waals surface area contributed by atoms with E-state index < -0.39 is 23.8 Å². The standard InChI is InChI=1S/C28H38FN5O3/c1-28(2,3)37-27(36)34-21-8-6-18(12-21)25(34)26(35)31-19(14-30)11-17-5-7-20(13-24(17)29)33-15-22-9-10-23(16-33)32(22)4/h5,7,13,18-19,21-23,25H,6,8-12,15-16H2,1-4H3,(H,31,35)/t18?,19-,21?,22?,23?,25?/m0/s1. The summed E-state index contributed by atoms with van der Waals surface area (Å²) < 4.78 is 20.7. The third-order valence-electron chi connectivity index (χ3n) is 8.60. The van der Waals surface area contributed by atoms with E-state index in [9.17, 15) is 14.9 Å². The minimum Gasteiger partial charge on any atom is -0.444 e. The molecule has 9 heteroatoms. The second-order valence-corrected chi connectivity index (χ2v) is 12.2. The highest BCUT2D eigenvalue weighted by atomic mass is 19.1. The number of rotatable bonds is 5. The molecule has 8 nitrogen and oxygen atoms in total. The summed E-state index contributed by atoms with van der Waals surface area (Å²) >= 11 is 0. The van der Waals surface area contributed by atoms with Crippen molar-refractivity contribution < 1.29 is 18.7 Å². The van der Waals surface area contributed by atoms with E-state index in [0.29, 0.717) is 17.6 Å². The van der Waals surface area contributed by atoms with Crippen LogP contribution in [0.2, 0.25) is 0 Å². The highest BCUT2D eigenvalue weighted by Gasteiger charge is 2.52. The van der Waals surface area contributed by atoms with Gasteiger partial charge in [-0.05, 0) is 83.5 Å². The van der Waals surface area contributed by atoms with Crippen LogP contribution in [-0.2, 0) is 16.0 Å². The van der Waals surface area contributed by atoms with Crippen molar-refractivity contribution in [3.05, 3.63) is 29.6 Å². The number of anilines is 1. The van der Waals surface area contributed by atoms with Crippen LogP contribution in [0.5, 0.6) is 0 Å². The Hall–Kier alpha value is -2.86. The summed E-state index contributed by atoms with van der Waals surface area (Å²) in [5, 5.41) is 12.6. The Morgan fingerprint density at radius 1 is 1.16 bits per heavy atom. The molecule has 6 atom stereocenters. The Kier molecular flexibility index (Phi) is 6.82. The molecule has 4 bridgehead atoms. The second-order valence-electron chi connectivity index (χ2n) is 12.2. The van der Waals surface area contributed by atoms with Gasteiger partial charge in [0.05, 0.1) is 6.07 Å². The highest BCUT2D eigenvalue weighted by Crippen LogP contribution is 2.43. The van der Waals surface area contributed by atoms with Crippen LogP contribution in [0.1, 0.15) is 58.4 Å². The number of hydrogen-bond donors (Lipinski definition) is 1. The molecule has 1 aromatic rings. The first-order valence-corrected chi connectivity index (χ1v) is 13.5. The van der Waals surface area contributed by atoms with Gasteiger partial charge in [0, 0.05) is 43.3 Å². The fraction of sp³-hybridized carbons (Fsp3) is 0.679. The first kappa shape index (κ1) is 25.8. The van der Waals surface area contributed by atoms with Crippen LogP contribution < -0.4 is 10.2 Å². The van der Waals surface area contributed by atoms with Crippen LogP contribution in [-0.4, -0.2) is 77.7 Å². The lowest BCUT2D eigenvalue weighted by Crippen LogP contribution is -2.55. The minimum absolute atomic E-state index is 0.0223. The molecule has 1 aromatic carbocycles. The number of carbonyl (C=O) groups excluding carboxylic acids is 2. The summed E-state index contributed by atoms with van der Waals surface area (Å²) in [7, 11) is 2.17. The molecule has 5 rings (SSSR count). The van der Waals surface area contributed by atoms with Crippen molar-refractivity contribution in [3.63, 3.8) is 0 Å². The molecule has 4 aliphatic rings. The summed E-state index contributed by atoms with van der Waals surface area (Å²) in [6.07, 6.45) is 4.40. The number of ether oxygens (including phenoxy) is 1. The van der Waals surface area contributed by atoms with Crippen LogP contribution in [0.25, 0.3) is 0 Å². The molecule has 1 saturated carbocycles. The van der Waals surface area contributed by atoms with Crippen molar-refractivity contribution in [2.24, 2.45) is 5.92 Å². The van der Waals surface area contributed by atoms with Crippen molar-refractivity contribution in [1.82, 2.24) is 15.1 Å². The molecule has 3 saturated heterocycles. The molecule has 4 fully saturated rings. The number of likely N-dealkylation sites (N-methyl/N-ethyl adjacent to an activating group) is 1. The van der Waals surface area contributed by atoms with Crippen LogP contribution >= 0.6 is 0 Å². The van der Waals surface area contributed by atoms with Crippen LogP contribution in [0, 0.1) is 23.1 Å². The number of piperazine rings is 1. The molecule has 0 radical (unpaired) electrons. The maximum atomic E-state index is 15.1. The largest absolute Gasteiger partial charge is 0.444 e. The summed E-state index contributed by atoms with van der Waals surface area (Å²) in [5.41, 5.74) is 0.589. The van der Waals surface area contributed by atoms with E-state index in [2.05, 4.69) is 28.2 Å². The fourth-order valence-electron chi connectivity index (χ4n) is 6.73. The van der Waals surface area contributed by atoms with Crippen molar-refractivity contribution in [2.75, 3.05) is 25.0 Å². The fourth-order valence-corrected chi connectivity index (χ4v) is 6.73. The van der Waals surface area contributed by atoms with Gasteiger partial charge in [-0.1, -0.05) is 6.07 Å². The quantitative estimate of drug-likeness (QED) is 0.652. The van der Waals surface area contributed by atoms with Crippen LogP contribution in [0.15, 0.2) is 18.2 Å². The SMILES string of the molecule is CN1C2CCC1CN(c1ccc(C[C@@H](C#N)NC(=O)C3C4CCC(C4)N3C(=O)OC(C)(C)C)c(F)c1)C2. The molecule has 3 aliphatic heterocycles. The van der Waals surface area contributed by atoms with E-state index in [-0.39, 0.29) is 30.1 Å². The lowest BCUT2D eigenvalue weighted by Gasteiger charge is -2.40. The van der Waals surface area contributed by atoms with Crippen LogP contribution in [0.4, 0.5) is 14.9 Å². The number of likely N-dealkylation sites (tertiary alicyclic amines) is 1. The van der Waals surface area contributed by atoms with Crippen molar-refractivity contribution in [1.29, 1.82) is 5.26 Å². The third kappa shape index (κ3) is 5.13. The van der Waals surface area contributed by atoms with Crippen molar-refractivity contribution >= 4 is 17.7 Å². The summed E-state index contributed by atoms with van der Waals surface area (Å²) in [4.78, 5) is 32.4. The smallest absolute Gasteiger partial charge is 0.411 e. The third-order valence-corrected chi connectivity index (χ3v) is 8.60. The van der Waals surface area contributed by atoms with Crippen molar-refractivity contribution in [2.45, 2.75) is 95.1 Å². The van der Waals surface area contributed by atoms with Gasteiger partial charge in [0.15, 0.2) is 0 Å². The predicted octanol–water partition coefficient (Wildman–Crippen LogP) is 3.45. The molecular formula is C28H38FN5O3. The summed E-state index contributed by atoms with van der Waals surface area (Å²) in [5.74, 6) is -0.685. The predicted molar refractivity (Wildman–Crippen MR) is 137 cm³/mol. The molecule has 0 aromatic heterocycles. The second kappa shape index (κ2) is 9.79. The number of fused-ring (bicyclic) bond motifs is 4. The average molecular weight is 512 g/mol. The van der Waals surface area contributed by atoms with E-state index >= 15 is 4.39 Å². The number of carbonyl (C=O) groups is 2. The van der Waals surface area contributed by atoms with E-state index in [1.165, 1.54) is 12.8 Å². The number of benzene rings is 1. The molecule has 1 N–H and O–H groups in total. The molecule has 2 amide bonds. The topological polar surface area (TPSA) is 88.9 Å². The van der Waals surface area contributed by atoms with Gasteiger partial charge in [-0.25, -0.2) is 9.18 Å². The Bertz CT molecular complexity index is 1080. The molecule has 5 unspecified atom stereocenters. The number of piperidine rings is 1. The zero-order valence-corrected chi connectivity index (χ0v) is 22.2. The van der Waals surface area contributed by atoms with E-state index in [1.54, 1.807) is 37.8 Å². The summed E-state index contributed by atoms with van der Waals surface area (Å²) in [6, 6.07) is 6.74. The van der Waals surface area contributed by atoms with Gasteiger partial charge in [0.25, 0.3) is 0 Å². The highest BCUT2D eigenvalue weighted by molar-refractivity contribution is 5.87. The monoisotopic (exact) mass is 511 g/mol. The Balaban J connectivity index is 1.24. The Morgan fingerprint density at radius 3 is 2.46 bits per heavy atom. The van der Waals surface area contributed by atoms with Gasteiger partial charge in [-0.2, -0.15) is 5.26 Å². The number of halogens is 1. The number of amides is 2. The molecule has 37 heavy (non-hydrogen) atoms. The zero-order valence-electron chi connectivity index (χ0n) is 22.2. The van der Waals surface area contributed by atoms with Crippen molar-refractivity contribution in [3.8, 4) is 6.07 Å². The normalized spacial score (nSPS) is 29.8. The van der Waals surface area contributed by atoms with E-state index in [4.69, 9.17) is 4.74 Å². The van der Waals surface area contributed by atoms with Gasteiger partial charge >= 0.3 is 6.09 Å². The first-order valence-electron chi connectivity index (χ1n) is 13.5. The maximum absolute atomic E-state index is 15.1. The van der Waals surface area contributed by atoms with Crippen LogP contribution in [0.3, 0.4) is 0 Å². The average Bonchev–Trinajstić information content (AvgIpc) is 3.49. The lowest BCUT2D eigenvalue weighted by atomic mass is 9.97. The maximum Gasteiger partial charge on any atom is 0.411 e. The lowest BCUT2D eigenvalue weighted by molar-refractivity contribution is -0.128. The molecule has 200 valence electrons. The Morgan fingerprint density at radius 2 is 1.84 bits per heavy atom. The van der Waals surface area contributed by atoms with Gasteiger partial charge in [0.2, 0.25) is 5.91 Å². The van der Waals surface area contributed by atoms with Gasteiger partial charge in [0.1, 0.15) is 23.5 Å². The number of hydrogen-bond acceptors (Lipinski definition) is 6. The Labute approximate surface area is 218 Å². The number of nitriles is 1. The van der Waals surface area contributed by atoms with Gasteiger partial charge < -0.3 is 15.0 Å². The molecule has 0 spiro atoms.